The van der Waals surface area contributed by atoms with Crippen LogP contribution in [-0.4, -0.2) is 28.5 Å². The van der Waals surface area contributed by atoms with Gasteiger partial charge in [-0.25, -0.2) is 4.98 Å². The lowest BCUT2D eigenvalue weighted by atomic mass is 10.0. The molecule has 0 saturated carbocycles. The third-order valence-electron chi connectivity index (χ3n) is 4.05. The molecule has 4 nitrogen and oxygen atoms in total. The molecule has 0 aliphatic rings. The van der Waals surface area contributed by atoms with E-state index in [-0.39, 0.29) is 0 Å². The van der Waals surface area contributed by atoms with Crippen LogP contribution in [0.15, 0.2) is 59.7 Å². The Morgan fingerprint density at radius 2 is 2.14 bits per heavy atom. The molecule has 0 N–H and O–H groups in total. The number of hydrogen-bond donors (Lipinski definition) is 0. The average Bonchev–Trinajstić information content (AvgIpc) is 3.18. The largest absolute Gasteiger partial charge is 0.472 e. The molecule has 0 radical (unpaired) electrons. The summed E-state index contributed by atoms with van der Waals surface area (Å²) in [6, 6.07) is 10.9. The smallest absolute Gasteiger partial charge is 0.140 e. The van der Waals surface area contributed by atoms with Gasteiger partial charge < -0.3 is 13.9 Å². The van der Waals surface area contributed by atoms with Gasteiger partial charge in [0.25, 0.3) is 0 Å². The number of hydrogen-bond acceptors (Lipinski definition) is 3. The van der Waals surface area contributed by atoms with Crippen LogP contribution in [0.5, 0.6) is 0 Å². The predicted octanol–water partition coefficient (Wildman–Crippen LogP) is 3.81. The van der Waals surface area contributed by atoms with Crippen LogP contribution in [0.4, 0.5) is 0 Å². The van der Waals surface area contributed by atoms with Gasteiger partial charge in [-0.2, -0.15) is 0 Å². The number of imidazole rings is 1. The summed E-state index contributed by atoms with van der Waals surface area (Å²) in [7, 11) is 4.19. The first kappa shape index (κ1) is 14.6. The van der Waals surface area contributed by atoms with E-state index in [1.165, 1.54) is 5.56 Å². The zero-order valence-corrected chi connectivity index (χ0v) is 13.2. The number of rotatable bonds is 5. The molecular formula is C18H21N3O. The fraction of sp³-hybridized carbons (Fsp3) is 0.278. The molecule has 0 bridgehead atoms. The van der Waals surface area contributed by atoms with Gasteiger partial charge in [-0.15, -0.1) is 0 Å². The Hall–Kier alpha value is -2.33. The lowest BCUT2D eigenvalue weighted by Crippen LogP contribution is -2.16. The van der Waals surface area contributed by atoms with E-state index in [4.69, 9.17) is 4.42 Å². The Morgan fingerprint density at radius 3 is 2.86 bits per heavy atom. The Labute approximate surface area is 131 Å². The highest BCUT2D eigenvalue weighted by atomic mass is 16.3. The molecule has 1 atom stereocenters. The third kappa shape index (κ3) is 2.97. The molecule has 0 amide bonds. The fourth-order valence-corrected chi connectivity index (χ4v) is 2.51. The summed E-state index contributed by atoms with van der Waals surface area (Å²) < 4.78 is 7.29. The Bertz CT molecular complexity index is 728. The monoisotopic (exact) mass is 295 g/mol. The molecule has 1 unspecified atom stereocenters. The van der Waals surface area contributed by atoms with Gasteiger partial charge in [-0.3, -0.25) is 0 Å². The van der Waals surface area contributed by atoms with Gasteiger partial charge in [-0.1, -0.05) is 18.2 Å². The molecule has 0 aliphatic heterocycles. The summed E-state index contributed by atoms with van der Waals surface area (Å²) in [4.78, 5) is 6.74. The van der Waals surface area contributed by atoms with E-state index in [1.54, 1.807) is 12.5 Å². The first-order valence-electron chi connectivity index (χ1n) is 7.44. The van der Waals surface area contributed by atoms with E-state index in [0.717, 1.165) is 23.5 Å². The highest BCUT2D eigenvalue weighted by Gasteiger charge is 2.11. The molecule has 0 aliphatic carbocycles. The van der Waals surface area contributed by atoms with Crippen molar-refractivity contribution in [3.63, 3.8) is 0 Å². The van der Waals surface area contributed by atoms with Gasteiger partial charge in [0.05, 0.1) is 19.1 Å². The first-order chi connectivity index (χ1) is 10.6. The van der Waals surface area contributed by atoms with Crippen LogP contribution < -0.4 is 0 Å². The molecular weight excluding hydrogens is 274 g/mol. The van der Waals surface area contributed by atoms with Gasteiger partial charge in [0.15, 0.2) is 0 Å². The molecule has 3 rings (SSSR count). The van der Waals surface area contributed by atoms with E-state index in [1.807, 2.05) is 18.5 Å². The lowest BCUT2D eigenvalue weighted by molar-refractivity contribution is 0.321. The molecule has 4 heteroatoms. The second-order valence-corrected chi connectivity index (χ2v) is 5.78. The van der Waals surface area contributed by atoms with Crippen LogP contribution in [0.3, 0.4) is 0 Å². The summed E-state index contributed by atoms with van der Waals surface area (Å²) in [6.45, 7) is 2.97. The van der Waals surface area contributed by atoms with E-state index in [9.17, 15) is 0 Å². The highest BCUT2D eigenvalue weighted by molar-refractivity contribution is 5.57. The number of benzene rings is 1. The molecule has 0 fully saturated rings. The highest BCUT2D eigenvalue weighted by Crippen LogP contribution is 2.24. The summed E-state index contributed by atoms with van der Waals surface area (Å²) in [6.07, 6.45) is 7.32. The molecule has 114 valence electrons. The van der Waals surface area contributed by atoms with Crippen LogP contribution in [-0.2, 0) is 6.54 Å². The van der Waals surface area contributed by atoms with Crippen molar-refractivity contribution in [3.8, 4) is 11.4 Å². The van der Waals surface area contributed by atoms with E-state index in [0.29, 0.717) is 6.04 Å². The second kappa shape index (κ2) is 6.20. The normalized spacial score (nSPS) is 12.7. The SMILES string of the molecule is CC(c1cccc(-c2nccn2Cc2ccoc2)c1)N(C)C. The maximum atomic E-state index is 5.15. The second-order valence-electron chi connectivity index (χ2n) is 5.78. The summed E-state index contributed by atoms with van der Waals surface area (Å²) >= 11 is 0. The Balaban J connectivity index is 1.92. The van der Waals surface area contributed by atoms with Crippen molar-refractivity contribution in [1.82, 2.24) is 14.5 Å². The molecule has 1 aromatic carbocycles. The quantitative estimate of drug-likeness (QED) is 0.717. The van der Waals surface area contributed by atoms with E-state index >= 15 is 0 Å². The Morgan fingerprint density at radius 1 is 1.27 bits per heavy atom. The predicted molar refractivity (Wildman–Crippen MR) is 87.6 cm³/mol. The van der Waals surface area contributed by atoms with Gasteiger partial charge in [0.1, 0.15) is 5.82 Å². The van der Waals surface area contributed by atoms with Gasteiger partial charge >= 0.3 is 0 Å². The molecule has 2 heterocycles. The molecule has 2 aromatic heterocycles. The summed E-state index contributed by atoms with van der Waals surface area (Å²) in [5.74, 6) is 0.981. The van der Waals surface area contributed by atoms with Gasteiger partial charge in [0, 0.05) is 29.6 Å². The standard InChI is InChI=1S/C18H21N3O/c1-14(20(2)3)16-5-4-6-17(11-16)18-19-8-9-21(18)12-15-7-10-22-13-15/h4-11,13-14H,12H2,1-3H3. The molecule has 0 spiro atoms. The van der Waals surface area contributed by atoms with Crippen molar-refractivity contribution in [2.45, 2.75) is 19.5 Å². The van der Waals surface area contributed by atoms with Gasteiger partial charge in [0.2, 0.25) is 0 Å². The zero-order chi connectivity index (χ0) is 15.5. The maximum Gasteiger partial charge on any atom is 0.140 e. The summed E-state index contributed by atoms with van der Waals surface area (Å²) in [5.41, 5.74) is 3.57. The molecule has 0 saturated heterocycles. The van der Waals surface area contributed by atoms with Crippen LogP contribution in [0.25, 0.3) is 11.4 Å². The topological polar surface area (TPSA) is 34.2 Å². The van der Waals surface area contributed by atoms with E-state index < -0.39 is 0 Å². The van der Waals surface area contributed by atoms with Crippen LogP contribution in [0, 0.1) is 0 Å². The zero-order valence-electron chi connectivity index (χ0n) is 13.2. The van der Waals surface area contributed by atoms with Crippen molar-refractivity contribution in [2.75, 3.05) is 14.1 Å². The third-order valence-corrected chi connectivity index (χ3v) is 4.05. The summed E-state index contributed by atoms with van der Waals surface area (Å²) in [5, 5.41) is 0. The van der Waals surface area contributed by atoms with Crippen LogP contribution in [0.1, 0.15) is 24.1 Å². The van der Waals surface area contributed by atoms with Crippen LogP contribution in [0.2, 0.25) is 0 Å². The lowest BCUT2D eigenvalue weighted by Gasteiger charge is -2.20. The average molecular weight is 295 g/mol. The number of furan rings is 1. The maximum absolute atomic E-state index is 5.15. The first-order valence-corrected chi connectivity index (χ1v) is 7.44. The molecule has 3 aromatic rings. The molecule has 22 heavy (non-hydrogen) atoms. The van der Waals surface area contributed by atoms with Crippen molar-refractivity contribution >= 4 is 0 Å². The minimum atomic E-state index is 0.372. The Kier molecular flexibility index (Phi) is 4.11. The van der Waals surface area contributed by atoms with Crippen LogP contribution >= 0.6 is 0 Å². The van der Waals surface area contributed by atoms with Crippen molar-refractivity contribution < 1.29 is 4.42 Å². The van der Waals surface area contributed by atoms with Crippen molar-refractivity contribution in [1.29, 1.82) is 0 Å². The number of nitrogens with zero attached hydrogens (tertiary/aromatic N) is 3. The van der Waals surface area contributed by atoms with E-state index in [2.05, 4.69) is 59.7 Å². The van der Waals surface area contributed by atoms with Gasteiger partial charge in [-0.05, 0) is 38.7 Å². The number of aromatic nitrogens is 2. The fourth-order valence-electron chi connectivity index (χ4n) is 2.51. The van der Waals surface area contributed by atoms with Crippen molar-refractivity contribution in [3.05, 3.63) is 66.4 Å². The minimum absolute atomic E-state index is 0.372. The minimum Gasteiger partial charge on any atom is -0.472 e. The van der Waals surface area contributed by atoms with Crippen molar-refractivity contribution in [2.24, 2.45) is 0 Å².